The van der Waals surface area contributed by atoms with Gasteiger partial charge in [-0.05, 0) is 27.2 Å². The Bertz CT molecular complexity index is 617. The molecule has 0 aromatic carbocycles. The fraction of sp³-hybridized carbons (Fsp3) is 0.733. The zero-order valence-corrected chi connectivity index (χ0v) is 15.8. The second-order valence-electron chi connectivity index (χ2n) is 6.65. The molecule has 0 bridgehead atoms. The van der Waals surface area contributed by atoms with Gasteiger partial charge < -0.3 is 10.2 Å². The molecule has 1 aromatic heterocycles. The molecule has 136 valence electrons. The molecule has 0 spiro atoms. The molecule has 0 saturated carbocycles. The molecule has 2 amide bonds. The van der Waals surface area contributed by atoms with E-state index in [1.165, 1.54) is 21.2 Å². The van der Waals surface area contributed by atoms with Gasteiger partial charge in [-0.15, -0.1) is 5.10 Å². The Morgan fingerprint density at radius 1 is 1.38 bits per heavy atom. The first-order valence-corrected chi connectivity index (χ1v) is 8.95. The number of H-pyrrole nitrogens is 1. The number of hydrogen-bond donors (Lipinski definition) is 2. The minimum Gasteiger partial charge on any atom is -0.350 e. The van der Waals surface area contributed by atoms with Gasteiger partial charge in [0.25, 0.3) is 0 Å². The molecule has 0 aliphatic heterocycles. The van der Waals surface area contributed by atoms with Crippen LogP contribution < -0.4 is 11.0 Å². The Morgan fingerprint density at radius 3 is 2.62 bits per heavy atom. The van der Waals surface area contributed by atoms with E-state index in [0.29, 0.717) is 11.7 Å². The van der Waals surface area contributed by atoms with Crippen molar-refractivity contribution in [3.63, 3.8) is 0 Å². The molecule has 0 aliphatic rings. The summed E-state index contributed by atoms with van der Waals surface area (Å²) in [6.07, 6.45) is 1.83. The molecule has 24 heavy (non-hydrogen) atoms. The molecule has 0 atom stereocenters. The molecular formula is C15H27N5O3S. The lowest BCUT2D eigenvalue weighted by atomic mass is 10.1. The van der Waals surface area contributed by atoms with Crippen molar-refractivity contribution in [3.05, 3.63) is 10.5 Å². The van der Waals surface area contributed by atoms with Crippen LogP contribution in [0, 0.1) is 0 Å². The SMILES string of the molecule is CCCCn1c(SCC(=O)N(C)CC(=O)NC(C)(C)C)n[nH]c1=O. The number of unbranched alkanes of at least 4 members (excludes halogenated alkanes) is 1. The van der Waals surface area contributed by atoms with Gasteiger partial charge in [0.15, 0.2) is 5.16 Å². The quantitative estimate of drug-likeness (QED) is 0.672. The van der Waals surface area contributed by atoms with Gasteiger partial charge in [-0.3, -0.25) is 14.2 Å². The highest BCUT2D eigenvalue weighted by atomic mass is 32.2. The van der Waals surface area contributed by atoms with Crippen LogP contribution in [0.1, 0.15) is 40.5 Å². The topological polar surface area (TPSA) is 100 Å². The van der Waals surface area contributed by atoms with Crippen molar-refractivity contribution >= 4 is 23.6 Å². The highest BCUT2D eigenvalue weighted by Gasteiger charge is 2.19. The van der Waals surface area contributed by atoms with Gasteiger partial charge in [-0.25, -0.2) is 9.89 Å². The average Bonchev–Trinajstić information content (AvgIpc) is 2.80. The number of aromatic nitrogens is 3. The number of amides is 2. The molecule has 1 aromatic rings. The number of carbonyl (C=O) groups is 2. The van der Waals surface area contributed by atoms with Gasteiger partial charge in [0.05, 0.1) is 12.3 Å². The summed E-state index contributed by atoms with van der Waals surface area (Å²) in [5, 5.41) is 9.66. The lowest BCUT2D eigenvalue weighted by molar-refractivity contribution is -0.133. The molecule has 1 rings (SSSR count). The van der Waals surface area contributed by atoms with Crippen LogP contribution in [0.4, 0.5) is 0 Å². The molecule has 8 nitrogen and oxygen atoms in total. The third-order valence-corrected chi connectivity index (χ3v) is 4.07. The second-order valence-corrected chi connectivity index (χ2v) is 7.60. The van der Waals surface area contributed by atoms with E-state index in [1.54, 1.807) is 7.05 Å². The van der Waals surface area contributed by atoms with Gasteiger partial charge in [0, 0.05) is 19.1 Å². The van der Waals surface area contributed by atoms with Crippen molar-refractivity contribution in [1.82, 2.24) is 25.0 Å². The Hall–Kier alpha value is -1.77. The number of likely N-dealkylation sites (N-methyl/N-ethyl adjacent to an activating group) is 1. The van der Waals surface area contributed by atoms with Crippen molar-refractivity contribution < 1.29 is 9.59 Å². The number of rotatable bonds is 8. The lowest BCUT2D eigenvalue weighted by Crippen LogP contribution is -2.46. The monoisotopic (exact) mass is 357 g/mol. The summed E-state index contributed by atoms with van der Waals surface area (Å²) in [4.78, 5) is 37.1. The van der Waals surface area contributed by atoms with Crippen molar-refractivity contribution in [1.29, 1.82) is 0 Å². The molecule has 2 N–H and O–H groups in total. The smallest absolute Gasteiger partial charge is 0.343 e. The zero-order valence-electron chi connectivity index (χ0n) is 15.0. The maximum Gasteiger partial charge on any atom is 0.343 e. The predicted octanol–water partition coefficient (Wildman–Crippen LogP) is 0.837. The normalized spacial score (nSPS) is 11.4. The number of nitrogens with zero attached hydrogens (tertiary/aromatic N) is 3. The number of thioether (sulfide) groups is 1. The van der Waals surface area contributed by atoms with Crippen LogP contribution in [0.2, 0.25) is 0 Å². The molecule has 0 saturated heterocycles. The third-order valence-electron chi connectivity index (χ3n) is 3.10. The summed E-state index contributed by atoms with van der Waals surface area (Å²) in [6, 6.07) is 0. The van der Waals surface area contributed by atoms with Crippen LogP contribution >= 0.6 is 11.8 Å². The molecule has 0 aliphatic carbocycles. The number of aromatic amines is 1. The minimum atomic E-state index is -0.333. The maximum atomic E-state index is 12.1. The van der Waals surface area contributed by atoms with E-state index in [2.05, 4.69) is 15.5 Å². The van der Waals surface area contributed by atoms with Gasteiger partial charge in [-0.2, -0.15) is 0 Å². The second kappa shape index (κ2) is 8.91. The fourth-order valence-corrected chi connectivity index (χ4v) is 2.84. The van der Waals surface area contributed by atoms with Crippen LogP contribution in [0.3, 0.4) is 0 Å². The summed E-state index contributed by atoms with van der Waals surface area (Å²) >= 11 is 1.19. The minimum absolute atomic E-state index is 0.000130. The Balaban J connectivity index is 2.54. The Kier molecular flexibility index (Phi) is 7.53. The highest BCUT2D eigenvalue weighted by molar-refractivity contribution is 7.99. The van der Waals surface area contributed by atoms with Gasteiger partial charge in [0.2, 0.25) is 11.8 Å². The van der Waals surface area contributed by atoms with Crippen molar-refractivity contribution in [3.8, 4) is 0 Å². The number of carbonyl (C=O) groups excluding carboxylic acids is 2. The van der Waals surface area contributed by atoms with Gasteiger partial charge in [-0.1, -0.05) is 25.1 Å². The summed E-state index contributed by atoms with van der Waals surface area (Å²) in [7, 11) is 1.58. The van der Waals surface area contributed by atoms with E-state index in [-0.39, 0.29) is 35.3 Å². The van der Waals surface area contributed by atoms with Gasteiger partial charge >= 0.3 is 5.69 Å². The largest absolute Gasteiger partial charge is 0.350 e. The molecule has 1 heterocycles. The van der Waals surface area contributed by atoms with Crippen LogP contribution in [-0.4, -0.2) is 56.4 Å². The molecule has 0 fully saturated rings. The average molecular weight is 357 g/mol. The lowest BCUT2D eigenvalue weighted by Gasteiger charge is -2.23. The van der Waals surface area contributed by atoms with E-state index in [4.69, 9.17) is 0 Å². The first kappa shape index (κ1) is 20.3. The van der Waals surface area contributed by atoms with Crippen molar-refractivity contribution in [2.45, 2.75) is 57.8 Å². The summed E-state index contributed by atoms with van der Waals surface area (Å²) in [6.45, 7) is 8.27. The third kappa shape index (κ3) is 6.77. The Morgan fingerprint density at radius 2 is 2.04 bits per heavy atom. The Labute approximate surface area is 146 Å². The van der Waals surface area contributed by atoms with Crippen LogP contribution in [-0.2, 0) is 16.1 Å². The van der Waals surface area contributed by atoms with Crippen LogP contribution in [0.15, 0.2) is 9.95 Å². The highest BCUT2D eigenvalue weighted by Crippen LogP contribution is 2.14. The van der Waals surface area contributed by atoms with E-state index >= 15 is 0 Å². The molecule has 9 heteroatoms. The summed E-state index contributed by atoms with van der Waals surface area (Å²) in [5.74, 6) is -0.278. The standard InChI is InChI=1S/C15H27N5O3S/c1-6-7-8-20-13(23)17-18-14(20)24-10-12(22)19(5)9-11(21)16-15(2,3)4/h6-10H2,1-5H3,(H,16,21)(H,17,23). The number of nitrogens with one attached hydrogen (secondary N) is 2. The van der Waals surface area contributed by atoms with Gasteiger partial charge in [0.1, 0.15) is 0 Å². The molecule has 0 radical (unpaired) electrons. The van der Waals surface area contributed by atoms with E-state index in [0.717, 1.165) is 12.8 Å². The molecular weight excluding hydrogens is 330 g/mol. The van der Waals surface area contributed by atoms with E-state index in [9.17, 15) is 14.4 Å². The van der Waals surface area contributed by atoms with Crippen LogP contribution in [0.25, 0.3) is 0 Å². The fourth-order valence-electron chi connectivity index (χ4n) is 1.92. The van der Waals surface area contributed by atoms with Crippen molar-refractivity contribution in [2.24, 2.45) is 0 Å². The molecule has 0 unspecified atom stereocenters. The number of hydrogen-bond acceptors (Lipinski definition) is 5. The first-order valence-electron chi connectivity index (χ1n) is 7.97. The maximum absolute atomic E-state index is 12.1. The van der Waals surface area contributed by atoms with Crippen LogP contribution in [0.5, 0.6) is 0 Å². The first-order chi connectivity index (χ1) is 11.1. The summed E-state index contributed by atoms with van der Waals surface area (Å²) in [5.41, 5.74) is -0.601. The van der Waals surface area contributed by atoms with Crippen molar-refractivity contribution in [2.75, 3.05) is 19.3 Å². The van der Waals surface area contributed by atoms with E-state index < -0.39 is 0 Å². The van der Waals surface area contributed by atoms with E-state index in [1.807, 2.05) is 27.7 Å². The zero-order chi connectivity index (χ0) is 18.3. The predicted molar refractivity (Wildman–Crippen MR) is 94.0 cm³/mol. The summed E-state index contributed by atoms with van der Waals surface area (Å²) < 4.78 is 1.54.